The van der Waals surface area contributed by atoms with Gasteiger partial charge in [-0.15, -0.1) is 0 Å². The molecule has 0 saturated carbocycles. The zero-order chi connectivity index (χ0) is 15.4. The van der Waals surface area contributed by atoms with Crippen LogP contribution in [-0.2, 0) is 13.0 Å². The number of nitrogens with two attached hydrogens (primary N) is 1. The molecule has 0 saturated heterocycles. The van der Waals surface area contributed by atoms with Crippen LogP contribution in [0, 0.1) is 6.92 Å². The van der Waals surface area contributed by atoms with Gasteiger partial charge in [-0.3, -0.25) is 0 Å². The maximum Gasteiger partial charge on any atom is 0.141 e. The van der Waals surface area contributed by atoms with E-state index < -0.39 is 0 Å². The van der Waals surface area contributed by atoms with Crippen LogP contribution < -0.4 is 10.5 Å². The van der Waals surface area contributed by atoms with Gasteiger partial charge in [0, 0.05) is 23.5 Å². The summed E-state index contributed by atoms with van der Waals surface area (Å²) in [7, 11) is 0. The number of nitrogens with zero attached hydrogens (tertiary/aromatic N) is 2. The van der Waals surface area contributed by atoms with Gasteiger partial charge in [-0.05, 0) is 38.0 Å². The van der Waals surface area contributed by atoms with E-state index in [9.17, 15) is 0 Å². The molecule has 1 unspecified atom stereocenters. The van der Waals surface area contributed by atoms with Crippen LogP contribution in [0.15, 0.2) is 24.5 Å². The van der Waals surface area contributed by atoms with Crippen molar-refractivity contribution in [3.8, 4) is 5.75 Å². The topological polar surface area (TPSA) is 53.1 Å². The van der Waals surface area contributed by atoms with Gasteiger partial charge < -0.3 is 15.0 Å². The molecule has 2 N–H and O–H groups in total. The van der Waals surface area contributed by atoms with Crippen molar-refractivity contribution < 1.29 is 4.74 Å². The van der Waals surface area contributed by atoms with Crippen molar-refractivity contribution in [3.05, 3.63) is 46.0 Å². The van der Waals surface area contributed by atoms with Crippen LogP contribution >= 0.6 is 23.2 Å². The molecule has 1 atom stereocenters. The van der Waals surface area contributed by atoms with E-state index in [0.29, 0.717) is 35.4 Å². The summed E-state index contributed by atoms with van der Waals surface area (Å²) in [6.07, 6.45) is 4.36. The highest BCUT2D eigenvalue weighted by Crippen LogP contribution is 2.33. The molecule has 1 aromatic carbocycles. The van der Waals surface area contributed by atoms with Crippen LogP contribution in [0.3, 0.4) is 0 Å². The number of halogens is 2. The molecule has 2 rings (SSSR count). The van der Waals surface area contributed by atoms with Gasteiger partial charge in [0.2, 0.25) is 0 Å². The first-order valence-electron chi connectivity index (χ1n) is 6.81. The van der Waals surface area contributed by atoms with E-state index in [1.54, 1.807) is 12.3 Å². The summed E-state index contributed by atoms with van der Waals surface area (Å²) in [5.41, 5.74) is 6.80. The van der Waals surface area contributed by atoms with Gasteiger partial charge in [0.1, 0.15) is 18.2 Å². The summed E-state index contributed by atoms with van der Waals surface area (Å²) in [6.45, 7) is 5.11. The lowest BCUT2D eigenvalue weighted by Gasteiger charge is -2.16. The van der Waals surface area contributed by atoms with Crippen molar-refractivity contribution in [1.29, 1.82) is 0 Å². The summed E-state index contributed by atoms with van der Waals surface area (Å²) in [5.74, 6) is 1.62. The van der Waals surface area contributed by atoms with Crippen molar-refractivity contribution >= 4 is 23.2 Å². The average molecular weight is 328 g/mol. The molecule has 0 fully saturated rings. The van der Waals surface area contributed by atoms with Crippen LogP contribution in [-0.4, -0.2) is 22.2 Å². The number of imidazole rings is 1. The van der Waals surface area contributed by atoms with Gasteiger partial charge in [0.05, 0.1) is 11.6 Å². The lowest BCUT2D eigenvalue weighted by atomic mass is 10.1. The van der Waals surface area contributed by atoms with Crippen LogP contribution in [0.25, 0.3) is 0 Å². The Morgan fingerprint density at radius 2 is 2.14 bits per heavy atom. The number of ether oxygens (including phenoxy) is 1. The monoisotopic (exact) mass is 327 g/mol. The normalized spacial score (nSPS) is 12.4. The summed E-state index contributed by atoms with van der Waals surface area (Å²) in [5, 5.41) is 1.11. The van der Waals surface area contributed by atoms with Gasteiger partial charge >= 0.3 is 0 Å². The summed E-state index contributed by atoms with van der Waals surface area (Å²) in [6, 6.07) is 3.55. The molecule has 0 bridgehead atoms. The fourth-order valence-electron chi connectivity index (χ4n) is 2.16. The molecule has 0 aliphatic heterocycles. The molecule has 0 amide bonds. The molecule has 114 valence electrons. The Kier molecular flexibility index (Phi) is 5.51. The highest BCUT2D eigenvalue weighted by Gasteiger charge is 2.12. The number of benzene rings is 1. The number of aromatic nitrogens is 2. The lowest BCUT2D eigenvalue weighted by Crippen LogP contribution is -2.19. The highest BCUT2D eigenvalue weighted by atomic mass is 35.5. The molecule has 4 nitrogen and oxygen atoms in total. The molecular formula is C15H19Cl2N3O. The van der Waals surface area contributed by atoms with E-state index in [-0.39, 0.29) is 6.04 Å². The maximum absolute atomic E-state index is 6.24. The maximum atomic E-state index is 6.24. The van der Waals surface area contributed by atoms with Crippen LogP contribution in [0.2, 0.25) is 10.0 Å². The molecular weight excluding hydrogens is 309 g/mol. The third-order valence-electron chi connectivity index (χ3n) is 3.13. The van der Waals surface area contributed by atoms with E-state index in [4.69, 9.17) is 33.7 Å². The van der Waals surface area contributed by atoms with E-state index in [1.807, 2.05) is 30.7 Å². The SMILES string of the molecule is Cc1nccn1CCOc1c(Cl)cc(Cl)cc1CC(C)N. The van der Waals surface area contributed by atoms with Crippen molar-refractivity contribution in [1.82, 2.24) is 9.55 Å². The van der Waals surface area contributed by atoms with Crippen molar-refractivity contribution in [2.45, 2.75) is 32.9 Å². The Morgan fingerprint density at radius 1 is 1.38 bits per heavy atom. The first-order chi connectivity index (χ1) is 9.97. The third-order valence-corrected chi connectivity index (χ3v) is 3.63. The van der Waals surface area contributed by atoms with Crippen molar-refractivity contribution in [3.63, 3.8) is 0 Å². The van der Waals surface area contributed by atoms with E-state index >= 15 is 0 Å². The first kappa shape index (κ1) is 16.1. The minimum Gasteiger partial charge on any atom is -0.490 e. The van der Waals surface area contributed by atoms with Gasteiger partial charge in [0.15, 0.2) is 0 Å². The number of rotatable bonds is 6. The quantitative estimate of drug-likeness (QED) is 0.883. The third kappa shape index (κ3) is 4.37. The Bertz CT molecular complexity index is 611. The molecule has 1 aromatic heterocycles. The summed E-state index contributed by atoms with van der Waals surface area (Å²) >= 11 is 12.3. The van der Waals surface area contributed by atoms with Gasteiger partial charge in [-0.2, -0.15) is 0 Å². The number of aryl methyl sites for hydroxylation is 1. The first-order valence-corrected chi connectivity index (χ1v) is 7.57. The van der Waals surface area contributed by atoms with Gasteiger partial charge in [0.25, 0.3) is 0 Å². The Hall–Kier alpha value is -1.23. The van der Waals surface area contributed by atoms with Gasteiger partial charge in [-0.25, -0.2) is 4.98 Å². The lowest BCUT2D eigenvalue weighted by molar-refractivity contribution is 0.294. The predicted molar refractivity (Wildman–Crippen MR) is 86.3 cm³/mol. The fraction of sp³-hybridized carbons (Fsp3) is 0.400. The minimum atomic E-state index is 0.0118. The molecule has 0 aliphatic carbocycles. The number of hydrogen-bond donors (Lipinski definition) is 1. The number of hydrogen-bond acceptors (Lipinski definition) is 3. The van der Waals surface area contributed by atoms with Crippen LogP contribution in [0.4, 0.5) is 0 Å². The molecule has 1 heterocycles. The second-order valence-electron chi connectivity index (χ2n) is 5.07. The molecule has 0 radical (unpaired) electrons. The molecule has 2 aromatic rings. The smallest absolute Gasteiger partial charge is 0.141 e. The summed E-state index contributed by atoms with van der Waals surface area (Å²) in [4.78, 5) is 4.18. The average Bonchev–Trinajstić information content (AvgIpc) is 2.77. The molecule has 0 aliphatic rings. The second-order valence-corrected chi connectivity index (χ2v) is 5.92. The fourth-order valence-corrected chi connectivity index (χ4v) is 2.75. The van der Waals surface area contributed by atoms with E-state index in [0.717, 1.165) is 11.4 Å². The zero-order valence-corrected chi connectivity index (χ0v) is 13.7. The van der Waals surface area contributed by atoms with Crippen LogP contribution in [0.1, 0.15) is 18.3 Å². The minimum absolute atomic E-state index is 0.0118. The highest BCUT2D eigenvalue weighted by molar-refractivity contribution is 6.35. The van der Waals surface area contributed by atoms with Crippen molar-refractivity contribution in [2.75, 3.05) is 6.61 Å². The molecule has 6 heteroatoms. The van der Waals surface area contributed by atoms with E-state index in [1.165, 1.54) is 0 Å². The standard InChI is InChI=1S/C15H19Cl2N3O/c1-10(18)7-12-8-13(16)9-14(17)15(12)21-6-5-20-4-3-19-11(20)2/h3-4,8-10H,5-7,18H2,1-2H3. The largest absolute Gasteiger partial charge is 0.490 e. The Labute approximate surface area is 134 Å². The van der Waals surface area contributed by atoms with Gasteiger partial charge in [-0.1, -0.05) is 23.2 Å². The Balaban J connectivity index is 2.09. The molecule has 21 heavy (non-hydrogen) atoms. The van der Waals surface area contributed by atoms with Crippen LogP contribution in [0.5, 0.6) is 5.75 Å². The van der Waals surface area contributed by atoms with Crippen molar-refractivity contribution in [2.24, 2.45) is 5.73 Å². The predicted octanol–water partition coefficient (Wildman–Crippen LogP) is 3.47. The summed E-state index contributed by atoms with van der Waals surface area (Å²) < 4.78 is 7.88. The molecule has 0 spiro atoms. The zero-order valence-electron chi connectivity index (χ0n) is 12.1. The van der Waals surface area contributed by atoms with E-state index in [2.05, 4.69) is 4.98 Å². The Morgan fingerprint density at radius 3 is 2.76 bits per heavy atom. The second kappa shape index (κ2) is 7.16.